The smallest absolute Gasteiger partial charge is 0.269 e. The molecule has 0 spiro atoms. The minimum atomic E-state index is -0.452. The van der Waals surface area contributed by atoms with Crippen molar-refractivity contribution in [2.45, 2.75) is 17.1 Å². The van der Waals surface area contributed by atoms with E-state index in [4.69, 9.17) is 4.74 Å². The normalized spacial score (nSPS) is 11.5. The quantitative estimate of drug-likeness (QED) is 0.347. The lowest BCUT2D eigenvalue weighted by atomic mass is 10.3. The van der Waals surface area contributed by atoms with Crippen molar-refractivity contribution in [2.24, 2.45) is 0 Å². The second-order valence-corrected chi connectivity index (χ2v) is 7.22. The van der Waals surface area contributed by atoms with Gasteiger partial charge in [-0.2, -0.15) is 0 Å². The second-order valence-electron chi connectivity index (χ2n) is 5.81. The lowest BCUT2D eigenvalue weighted by Gasteiger charge is -2.12. The number of non-ortho nitro benzene ring substituents is 1. The highest BCUT2D eigenvalue weighted by atomic mass is 32.2. The van der Waals surface area contributed by atoms with E-state index in [0.29, 0.717) is 17.2 Å². The number of nitro groups is 1. The summed E-state index contributed by atoms with van der Waals surface area (Å²) in [6.07, 6.45) is 3.29. The van der Waals surface area contributed by atoms with Crippen molar-refractivity contribution in [2.75, 3.05) is 5.32 Å². The third kappa shape index (κ3) is 5.31. The van der Waals surface area contributed by atoms with Gasteiger partial charge in [0.25, 0.3) is 5.69 Å². The molecule has 142 valence electrons. The molecule has 0 bridgehead atoms. The molecule has 1 N–H and O–H groups in total. The molecule has 0 fully saturated rings. The lowest BCUT2D eigenvalue weighted by molar-refractivity contribution is -0.384. The van der Waals surface area contributed by atoms with E-state index in [1.54, 1.807) is 67.8 Å². The topological polar surface area (TPSA) is 94.4 Å². The second kappa shape index (κ2) is 9.01. The molecule has 2 aromatic carbocycles. The van der Waals surface area contributed by atoms with Crippen LogP contribution in [0, 0.1) is 10.1 Å². The molecule has 8 heteroatoms. The molecule has 3 aromatic rings. The van der Waals surface area contributed by atoms with Crippen LogP contribution >= 0.6 is 11.8 Å². The van der Waals surface area contributed by atoms with E-state index in [-0.39, 0.29) is 16.8 Å². The van der Waals surface area contributed by atoms with Crippen molar-refractivity contribution in [1.29, 1.82) is 0 Å². The number of pyridine rings is 1. The number of hydrogen-bond acceptors (Lipinski definition) is 6. The summed E-state index contributed by atoms with van der Waals surface area (Å²) in [4.78, 5) is 27.4. The Morgan fingerprint density at radius 2 is 1.64 bits per heavy atom. The molecule has 1 aromatic heterocycles. The molecule has 7 nitrogen and oxygen atoms in total. The molecule has 28 heavy (non-hydrogen) atoms. The molecule has 1 unspecified atom stereocenters. The number of rotatable bonds is 7. The molecule has 0 aliphatic rings. The maximum atomic E-state index is 12.4. The van der Waals surface area contributed by atoms with E-state index >= 15 is 0 Å². The number of amides is 1. The summed E-state index contributed by atoms with van der Waals surface area (Å²) in [5, 5.41) is 13.2. The van der Waals surface area contributed by atoms with Crippen LogP contribution in [0.2, 0.25) is 0 Å². The van der Waals surface area contributed by atoms with Crippen molar-refractivity contribution in [3.8, 4) is 11.5 Å². The van der Waals surface area contributed by atoms with Gasteiger partial charge in [0.1, 0.15) is 11.5 Å². The van der Waals surface area contributed by atoms with E-state index in [1.807, 2.05) is 0 Å². The Kier molecular flexibility index (Phi) is 6.23. The molecule has 1 atom stereocenters. The van der Waals surface area contributed by atoms with Gasteiger partial charge in [-0.25, -0.2) is 0 Å². The number of carbonyl (C=O) groups is 1. The maximum Gasteiger partial charge on any atom is 0.269 e. The SMILES string of the molecule is CC(Sc1ccc([N+](=O)[O-])cc1)C(=O)Nc1ccc(Oc2ccncc2)cc1. The summed E-state index contributed by atoms with van der Waals surface area (Å²) in [7, 11) is 0. The Labute approximate surface area is 165 Å². The number of hydrogen-bond donors (Lipinski definition) is 1. The number of benzene rings is 2. The van der Waals surface area contributed by atoms with Crippen molar-refractivity contribution >= 4 is 29.0 Å². The zero-order valence-electron chi connectivity index (χ0n) is 14.9. The predicted octanol–water partition coefficient (Wildman–Crippen LogP) is 4.90. The molecule has 1 amide bonds. The van der Waals surface area contributed by atoms with Crippen LogP contribution in [0.4, 0.5) is 11.4 Å². The standard InChI is InChI=1S/C20H17N3O4S/c1-14(28-19-8-4-16(5-9-19)23(25)26)20(24)22-15-2-6-17(7-3-15)27-18-10-12-21-13-11-18/h2-14H,1H3,(H,22,24). The number of ether oxygens (including phenoxy) is 1. The van der Waals surface area contributed by atoms with Crippen molar-refractivity contribution < 1.29 is 14.5 Å². The number of anilines is 1. The van der Waals surface area contributed by atoms with Crippen LogP contribution in [-0.4, -0.2) is 21.1 Å². The van der Waals surface area contributed by atoms with Gasteiger partial charge in [0, 0.05) is 35.1 Å². The molecule has 0 aliphatic heterocycles. The Balaban J connectivity index is 1.55. The van der Waals surface area contributed by atoms with E-state index in [0.717, 1.165) is 4.90 Å². The monoisotopic (exact) mass is 395 g/mol. The highest BCUT2D eigenvalue weighted by molar-refractivity contribution is 8.00. The molecular formula is C20H17N3O4S. The molecule has 3 rings (SSSR count). The molecule has 0 radical (unpaired) electrons. The van der Waals surface area contributed by atoms with E-state index in [2.05, 4.69) is 10.3 Å². The number of carbonyl (C=O) groups excluding carboxylic acids is 1. The summed E-state index contributed by atoms with van der Waals surface area (Å²) in [5.41, 5.74) is 0.679. The Hall–Kier alpha value is -3.39. The zero-order valence-corrected chi connectivity index (χ0v) is 15.8. The van der Waals surface area contributed by atoms with Crippen LogP contribution in [0.25, 0.3) is 0 Å². The number of aromatic nitrogens is 1. The Bertz CT molecular complexity index is 947. The van der Waals surface area contributed by atoms with Crippen LogP contribution in [0.3, 0.4) is 0 Å². The van der Waals surface area contributed by atoms with Crippen molar-refractivity contribution in [1.82, 2.24) is 4.98 Å². The van der Waals surface area contributed by atoms with E-state index < -0.39 is 4.92 Å². The highest BCUT2D eigenvalue weighted by Crippen LogP contribution is 2.27. The fourth-order valence-electron chi connectivity index (χ4n) is 2.30. The molecular weight excluding hydrogens is 378 g/mol. The summed E-state index contributed by atoms with van der Waals surface area (Å²) >= 11 is 1.33. The number of nitrogens with zero attached hydrogens (tertiary/aromatic N) is 2. The van der Waals surface area contributed by atoms with Crippen molar-refractivity contribution in [3.63, 3.8) is 0 Å². The van der Waals surface area contributed by atoms with Gasteiger partial charge in [-0.15, -0.1) is 11.8 Å². The lowest BCUT2D eigenvalue weighted by Crippen LogP contribution is -2.22. The number of nitrogens with one attached hydrogen (secondary N) is 1. The molecule has 0 aliphatic carbocycles. The summed E-state index contributed by atoms with van der Waals surface area (Å²) in [6.45, 7) is 1.78. The van der Waals surface area contributed by atoms with Gasteiger partial charge in [0.05, 0.1) is 10.2 Å². The van der Waals surface area contributed by atoms with Gasteiger partial charge >= 0.3 is 0 Å². The first kappa shape index (κ1) is 19.4. The summed E-state index contributed by atoms with van der Waals surface area (Å²) < 4.78 is 5.69. The van der Waals surface area contributed by atoms with Crippen molar-refractivity contribution in [3.05, 3.63) is 83.2 Å². The first-order valence-electron chi connectivity index (χ1n) is 8.41. The fourth-order valence-corrected chi connectivity index (χ4v) is 3.16. The van der Waals surface area contributed by atoms with E-state index in [1.165, 1.54) is 23.9 Å². The van der Waals surface area contributed by atoms with Gasteiger partial charge in [0.2, 0.25) is 5.91 Å². The van der Waals surface area contributed by atoms with E-state index in [9.17, 15) is 14.9 Å². The third-order valence-corrected chi connectivity index (χ3v) is 4.85. The number of nitro benzene ring substituents is 1. The molecule has 0 saturated heterocycles. The molecule has 0 saturated carbocycles. The fraction of sp³-hybridized carbons (Fsp3) is 0.100. The van der Waals surface area contributed by atoms with Gasteiger partial charge in [-0.05, 0) is 55.5 Å². The van der Waals surface area contributed by atoms with Crippen LogP contribution in [0.5, 0.6) is 11.5 Å². The largest absolute Gasteiger partial charge is 0.457 e. The predicted molar refractivity (Wildman–Crippen MR) is 108 cm³/mol. The zero-order chi connectivity index (χ0) is 19.9. The first-order chi connectivity index (χ1) is 13.5. The average molecular weight is 395 g/mol. The summed E-state index contributed by atoms with van der Waals surface area (Å²) in [6, 6.07) is 16.7. The van der Waals surface area contributed by atoms with Gasteiger partial charge < -0.3 is 10.1 Å². The maximum absolute atomic E-state index is 12.4. The number of thioether (sulfide) groups is 1. The highest BCUT2D eigenvalue weighted by Gasteiger charge is 2.15. The third-order valence-electron chi connectivity index (χ3n) is 3.74. The van der Waals surface area contributed by atoms with Crippen LogP contribution in [0.1, 0.15) is 6.92 Å². The Morgan fingerprint density at radius 1 is 1.04 bits per heavy atom. The van der Waals surface area contributed by atoms with Crippen LogP contribution in [-0.2, 0) is 4.79 Å². The van der Waals surface area contributed by atoms with Gasteiger partial charge in [0.15, 0.2) is 0 Å². The molecule has 1 heterocycles. The minimum Gasteiger partial charge on any atom is -0.457 e. The summed E-state index contributed by atoms with van der Waals surface area (Å²) in [5.74, 6) is 1.17. The van der Waals surface area contributed by atoms with Crippen LogP contribution in [0.15, 0.2) is 78.0 Å². The van der Waals surface area contributed by atoms with Crippen LogP contribution < -0.4 is 10.1 Å². The minimum absolute atomic E-state index is 0.0236. The first-order valence-corrected chi connectivity index (χ1v) is 9.29. The van der Waals surface area contributed by atoms with Gasteiger partial charge in [-0.1, -0.05) is 0 Å². The average Bonchev–Trinajstić information content (AvgIpc) is 2.70. The Morgan fingerprint density at radius 3 is 2.25 bits per heavy atom. The van der Waals surface area contributed by atoms with Gasteiger partial charge in [-0.3, -0.25) is 19.9 Å².